The molecule has 2 N–H and O–H groups in total. The van der Waals surface area contributed by atoms with Gasteiger partial charge in [-0.2, -0.15) is 0 Å². The summed E-state index contributed by atoms with van der Waals surface area (Å²) in [5.74, 6) is 0.966. The molecule has 0 saturated carbocycles. The average molecular weight is 593 g/mol. The molecule has 216 valence electrons. The minimum Gasteiger partial charge on any atom is -0.361 e. The van der Waals surface area contributed by atoms with Crippen LogP contribution in [-0.4, -0.2) is 42.6 Å². The zero-order chi connectivity index (χ0) is 30.1. The van der Waals surface area contributed by atoms with Crippen molar-refractivity contribution < 1.29 is 0 Å². The van der Waals surface area contributed by atoms with E-state index >= 15 is 0 Å². The van der Waals surface area contributed by atoms with Gasteiger partial charge in [-0.25, -0.2) is 19.9 Å². The van der Waals surface area contributed by atoms with Crippen LogP contribution in [0.15, 0.2) is 89.1 Å². The second-order valence-corrected chi connectivity index (χ2v) is 10.4. The number of nitrogens with one attached hydrogen (secondary N) is 2. The Morgan fingerprint density at radius 1 is 0.930 bits per heavy atom. The first-order chi connectivity index (χ1) is 20.9. The lowest BCUT2D eigenvalue weighted by atomic mass is 9.99. The third-order valence-corrected chi connectivity index (χ3v) is 7.90. The van der Waals surface area contributed by atoms with Gasteiger partial charge in [-0.3, -0.25) is 14.2 Å². The van der Waals surface area contributed by atoms with Crippen LogP contribution in [0.2, 0.25) is 5.02 Å². The van der Waals surface area contributed by atoms with Gasteiger partial charge in [0.25, 0.3) is 5.56 Å². The maximum absolute atomic E-state index is 14.5. The van der Waals surface area contributed by atoms with Crippen LogP contribution in [0.25, 0.3) is 38.6 Å². The molecule has 0 aliphatic heterocycles. The van der Waals surface area contributed by atoms with E-state index in [4.69, 9.17) is 11.6 Å². The van der Waals surface area contributed by atoms with Crippen molar-refractivity contribution in [2.24, 2.45) is 0 Å². The summed E-state index contributed by atoms with van der Waals surface area (Å²) in [5, 5.41) is 5.08. The average Bonchev–Trinajstić information content (AvgIpc) is 3.03. The molecule has 0 saturated heterocycles. The summed E-state index contributed by atoms with van der Waals surface area (Å²) < 4.78 is 1.62. The number of para-hydroxylation sites is 1. The molecule has 11 heteroatoms. The molecular weight excluding hydrogens is 564 g/mol. The Morgan fingerprint density at radius 3 is 2.40 bits per heavy atom. The molecule has 0 aliphatic carbocycles. The van der Waals surface area contributed by atoms with Crippen LogP contribution in [-0.2, 0) is 0 Å². The lowest BCUT2D eigenvalue weighted by Gasteiger charge is -2.24. The summed E-state index contributed by atoms with van der Waals surface area (Å²) in [7, 11) is 0. The van der Waals surface area contributed by atoms with E-state index in [-0.39, 0.29) is 11.0 Å². The first-order valence-corrected chi connectivity index (χ1v) is 14.4. The second-order valence-electron chi connectivity index (χ2n) is 10.0. The lowest BCUT2D eigenvalue weighted by Crippen LogP contribution is -2.27. The van der Waals surface area contributed by atoms with Gasteiger partial charge in [-0.05, 0) is 38.5 Å². The number of benzene rings is 2. The number of rotatable bonds is 8. The van der Waals surface area contributed by atoms with Crippen LogP contribution >= 0.6 is 11.6 Å². The Balaban J connectivity index is 1.56. The number of hydrogen-bond acceptors (Lipinski definition) is 8. The van der Waals surface area contributed by atoms with E-state index in [2.05, 4.69) is 49.0 Å². The number of pyridine rings is 2. The number of anilines is 2. The van der Waals surface area contributed by atoms with Crippen LogP contribution in [0.1, 0.15) is 32.5 Å². The fourth-order valence-electron chi connectivity index (χ4n) is 5.40. The second kappa shape index (κ2) is 11.7. The van der Waals surface area contributed by atoms with Crippen LogP contribution in [0.4, 0.5) is 11.8 Å². The van der Waals surface area contributed by atoms with Crippen molar-refractivity contribution in [2.75, 3.05) is 23.3 Å². The quantitative estimate of drug-likeness (QED) is 0.229. The molecular formula is C32H29ClN8O2. The highest BCUT2D eigenvalue weighted by atomic mass is 35.5. The summed E-state index contributed by atoms with van der Waals surface area (Å²) >= 11 is 7.20. The Bertz CT molecular complexity index is 2050. The van der Waals surface area contributed by atoms with Gasteiger partial charge in [0.1, 0.15) is 23.2 Å². The predicted molar refractivity (Wildman–Crippen MR) is 171 cm³/mol. The van der Waals surface area contributed by atoms with Crippen LogP contribution in [0.3, 0.4) is 0 Å². The lowest BCUT2D eigenvalue weighted by molar-refractivity contribution is 0.774. The topological polar surface area (TPSA) is 122 Å². The van der Waals surface area contributed by atoms with Gasteiger partial charge >= 0.3 is 0 Å². The van der Waals surface area contributed by atoms with E-state index in [0.29, 0.717) is 61.1 Å². The largest absolute Gasteiger partial charge is 0.361 e. The summed E-state index contributed by atoms with van der Waals surface area (Å²) in [5.41, 5.74) is 2.49. The van der Waals surface area contributed by atoms with Crippen molar-refractivity contribution in [1.29, 1.82) is 0 Å². The van der Waals surface area contributed by atoms with Crippen molar-refractivity contribution in [1.82, 2.24) is 29.5 Å². The normalized spacial score (nSPS) is 12.0. The summed E-state index contributed by atoms with van der Waals surface area (Å²) in [4.78, 5) is 50.0. The summed E-state index contributed by atoms with van der Waals surface area (Å²) in [6.07, 6.45) is 6.40. The van der Waals surface area contributed by atoms with Gasteiger partial charge in [0.05, 0.1) is 22.1 Å². The first kappa shape index (κ1) is 28.0. The molecule has 0 fully saturated rings. The van der Waals surface area contributed by atoms with Crippen LogP contribution < -0.4 is 21.2 Å². The molecule has 0 bridgehead atoms. The van der Waals surface area contributed by atoms with Crippen LogP contribution in [0, 0.1) is 0 Å². The standard InChI is InChI=1S/C32H29ClN8O2/c1-4-40(5-2)32-35-16-20(17-36-32)22-12-9-13-23-25(22)31(43)41(21-10-7-6-8-11-21)28(27(23)33)19(3)39-30-26-24(42)14-15-34-29(26)37-18-38-30/h6-19H,4-5H2,1-3H3,(H2,34,37,38,39,42)/t19-/m0/s1. The minimum atomic E-state index is -0.539. The minimum absolute atomic E-state index is 0.229. The molecule has 4 aromatic heterocycles. The number of fused-ring (bicyclic) bond motifs is 2. The molecule has 0 aliphatic rings. The van der Waals surface area contributed by atoms with Gasteiger partial charge in [0, 0.05) is 54.4 Å². The zero-order valence-corrected chi connectivity index (χ0v) is 24.6. The van der Waals surface area contributed by atoms with E-state index in [1.54, 1.807) is 17.0 Å². The molecule has 10 nitrogen and oxygen atoms in total. The monoisotopic (exact) mass is 592 g/mol. The number of halogens is 1. The molecule has 6 rings (SSSR count). The number of aromatic amines is 1. The first-order valence-electron chi connectivity index (χ1n) is 14.0. The highest BCUT2D eigenvalue weighted by molar-refractivity contribution is 6.36. The number of H-pyrrole nitrogens is 1. The third kappa shape index (κ3) is 4.99. The van der Waals surface area contributed by atoms with Gasteiger partial charge in [0.15, 0.2) is 5.43 Å². The molecule has 2 aromatic carbocycles. The highest BCUT2D eigenvalue weighted by Gasteiger charge is 2.24. The van der Waals surface area contributed by atoms with Crippen molar-refractivity contribution >= 4 is 45.2 Å². The SMILES string of the molecule is CCN(CC)c1ncc(-c2cccc3c(Cl)c([C@H](C)Nc4ncnc5[nH]ccc(=O)c45)n(-c4ccccc4)c(=O)c23)cn1. The highest BCUT2D eigenvalue weighted by Crippen LogP contribution is 2.36. The van der Waals surface area contributed by atoms with Crippen molar-refractivity contribution in [3.05, 3.63) is 111 Å². The maximum atomic E-state index is 14.5. The third-order valence-electron chi connectivity index (χ3n) is 7.51. The molecule has 0 spiro atoms. The van der Waals surface area contributed by atoms with E-state index in [1.165, 1.54) is 18.6 Å². The predicted octanol–water partition coefficient (Wildman–Crippen LogP) is 5.75. The number of aromatic nitrogens is 6. The van der Waals surface area contributed by atoms with Crippen LogP contribution in [0.5, 0.6) is 0 Å². The molecule has 6 aromatic rings. The molecule has 43 heavy (non-hydrogen) atoms. The van der Waals surface area contributed by atoms with E-state index in [0.717, 1.165) is 13.1 Å². The van der Waals surface area contributed by atoms with Gasteiger partial charge in [-0.1, -0.05) is 48.0 Å². The molecule has 4 heterocycles. The Labute approximate surface area is 252 Å². The Morgan fingerprint density at radius 2 is 1.67 bits per heavy atom. The van der Waals surface area contributed by atoms with Crippen molar-refractivity contribution in [2.45, 2.75) is 26.8 Å². The Kier molecular flexibility index (Phi) is 7.60. The fraction of sp³-hybridized carbons (Fsp3) is 0.188. The number of hydrogen-bond donors (Lipinski definition) is 2. The maximum Gasteiger partial charge on any atom is 0.263 e. The molecule has 0 amide bonds. The number of nitrogens with zero attached hydrogens (tertiary/aromatic N) is 6. The van der Waals surface area contributed by atoms with E-state index < -0.39 is 6.04 Å². The van der Waals surface area contributed by atoms with Gasteiger partial charge < -0.3 is 15.2 Å². The molecule has 0 radical (unpaired) electrons. The molecule has 0 unspecified atom stereocenters. The smallest absolute Gasteiger partial charge is 0.263 e. The van der Waals surface area contributed by atoms with E-state index in [1.807, 2.05) is 55.5 Å². The zero-order valence-electron chi connectivity index (χ0n) is 23.9. The summed E-state index contributed by atoms with van der Waals surface area (Å²) in [6.45, 7) is 7.56. The van der Waals surface area contributed by atoms with Gasteiger partial charge in [-0.15, -0.1) is 0 Å². The van der Waals surface area contributed by atoms with Crippen molar-refractivity contribution in [3.63, 3.8) is 0 Å². The fourth-order valence-corrected chi connectivity index (χ4v) is 5.81. The van der Waals surface area contributed by atoms with Crippen molar-refractivity contribution in [3.8, 4) is 16.8 Å². The molecule has 1 atom stereocenters. The van der Waals surface area contributed by atoms with E-state index in [9.17, 15) is 9.59 Å². The Hall–Kier alpha value is -5.09. The summed E-state index contributed by atoms with van der Waals surface area (Å²) in [6, 6.07) is 15.8. The van der Waals surface area contributed by atoms with Gasteiger partial charge in [0.2, 0.25) is 5.95 Å².